The summed E-state index contributed by atoms with van der Waals surface area (Å²) in [5, 5.41) is 0. The van der Waals surface area contributed by atoms with Crippen molar-refractivity contribution in [1.29, 1.82) is 0 Å². The highest BCUT2D eigenvalue weighted by molar-refractivity contribution is 9.10. The van der Waals surface area contributed by atoms with Gasteiger partial charge in [-0.15, -0.1) is 0 Å². The Bertz CT molecular complexity index is 398. The van der Waals surface area contributed by atoms with E-state index >= 15 is 0 Å². The average Bonchev–Trinajstić information content (AvgIpc) is 2.15. The van der Waals surface area contributed by atoms with Gasteiger partial charge in [0.05, 0.1) is 12.8 Å². The number of nitrogens with zero attached hydrogens (tertiary/aromatic N) is 1. The van der Waals surface area contributed by atoms with E-state index in [0.717, 1.165) is 7.11 Å². The summed E-state index contributed by atoms with van der Waals surface area (Å²) < 4.78 is 29.6. The van der Waals surface area contributed by atoms with Gasteiger partial charge < -0.3 is 10.5 Å². The van der Waals surface area contributed by atoms with Crippen molar-refractivity contribution in [2.24, 2.45) is 0 Å². The minimum absolute atomic E-state index is 0.0981. The summed E-state index contributed by atoms with van der Waals surface area (Å²) in [6.07, 6.45) is -2.89. The van der Waals surface area contributed by atoms with Crippen molar-refractivity contribution >= 4 is 27.6 Å². The fraction of sp³-hybridized carbons (Fsp3) is 0.250. The number of aromatic nitrogens is 1. The number of carbonyl (C=O) groups is 1. The van der Waals surface area contributed by atoms with Gasteiger partial charge in [-0.3, -0.25) is 0 Å². The molecule has 1 heterocycles. The first-order valence-electron chi connectivity index (χ1n) is 3.79. The molecule has 0 fully saturated rings. The number of halogens is 3. The Balaban J connectivity index is 3.40. The Morgan fingerprint density at radius 2 is 2.27 bits per heavy atom. The van der Waals surface area contributed by atoms with Crippen molar-refractivity contribution in [2.75, 3.05) is 12.8 Å². The van der Waals surface area contributed by atoms with Crippen LogP contribution in [0.2, 0.25) is 0 Å². The third-order valence-electron chi connectivity index (χ3n) is 1.64. The van der Waals surface area contributed by atoms with Crippen LogP contribution in [0.3, 0.4) is 0 Å². The van der Waals surface area contributed by atoms with Crippen LogP contribution in [0.5, 0.6) is 0 Å². The molecule has 0 saturated heterocycles. The average molecular weight is 281 g/mol. The van der Waals surface area contributed by atoms with Gasteiger partial charge in [0.1, 0.15) is 15.9 Å². The molecule has 15 heavy (non-hydrogen) atoms. The predicted octanol–water partition coefficient (Wildman–Crippen LogP) is 2.15. The molecule has 82 valence electrons. The largest absolute Gasteiger partial charge is 0.465 e. The summed E-state index contributed by atoms with van der Waals surface area (Å²) in [5.41, 5.74) is 4.25. The number of nitrogen functional groups attached to an aromatic ring is 1. The molecular formula is C8H7BrF2N2O2. The van der Waals surface area contributed by atoms with E-state index in [-0.39, 0.29) is 10.3 Å². The lowest BCUT2D eigenvalue weighted by atomic mass is 10.1. The number of ether oxygens (including phenoxy) is 1. The summed E-state index contributed by atoms with van der Waals surface area (Å²) in [6.45, 7) is 0. The Morgan fingerprint density at radius 3 is 2.73 bits per heavy atom. The minimum atomic E-state index is -2.89. The van der Waals surface area contributed by atoms with E-state index in [1.165, 1.54) is 6.07 Å². The Hall–Kier alpha value is -1.24. The van der Waals surface area contributed by atoms with Crippen LogP contribution in [0, 0.1) is 0 Å². The number of nitrogens with two attached hydrogens (primary N) is 1. The molecule has 0 aliphatic carbocycles. The van der Waals surface area contributed by atoms with E-state index in [1.807, 2.05) is 0 Å². The highest BCUT2D eigenvalue weighted by atomic mass is 79.9. The first-order chi connectivity index (χ1) is 6.97. The molecule has 0 aliphatic heterocycles. The van der Waals surface area contributed by atoms with E-state index in [0.29, 0.717) is 0 Å². The van der Waals surface area contributed by atoms with Crippen molar-refractivity contribution in [3.05, 3.63) is 21.9 Å². The summed E-state index contributed by atoms with van der Waals surface area (Å²) in [7, 11) is 1.08. The maximum absolute atomic E-state index is 12.5. The van der Waals surface area contributed by atoms with E-state index in [9.17, 15) is 13.6 Å². The van der Waals surface area contributed by atoms with Gasteiger partial charge in [0.2, 0.25) is 0 Å². The number of hydrogen-bond donors (Lipinski definition) is 1. The van der Waals surface area contributed by atoms with Crippen molar-refractivity contribution in [2.45, 2.75) is 6.43 Å². The quantitative estimate of drug-likeness (QED) is 0.666. The maximum Gasteiger partial charge on any atom is 0.342 e. The van der Waals surface area contributed by atoms with Crippen LogP contribution in [0.4, 0.5) is 14.5 Å². The Kier molecular flexibility index (Phi) is 3.57. The van der Waals surface area contributed by atoms with Crippen LogP contribution in [0.25, 0.3) is 0 Å². The zero-order valence-corrected chi connectivity index (χ0v) is 9.22. The molecule has 0 unspecified atom stereocenters. The summed E-state index contributed by atoms with van der Waals surface area (Å²) in [5.74, 6) is -0.928. The summed E-state index contributed by atoms with van der Waals surface area (Å²) >= 11 is 2.91. The van der Waals surface area contributed by atoms with Crippen molar-refractivity contribution in [1.82, 2.24) is 4.98 Å². The normalized spacial score (nSPS) is 10.5. The number of esters is 1. The van der Waals surface area contributed by atoms with Crippen LogP contribution < -0.4 is 5.73 Å². The van der Waals surface area contributed by atoms with E-state index in [4.69, 9.17) is 5.73 Å². The lowest BCUT2D eigenvalue weighted by Crippen LogP contribution is -2.12. The molecule has 4 nitrogen and oxygen atoms in total. The second-order valence-corrected chi connectivity index (χ2v) is 3.40. The number of methoxy groups -OCH3 is 1. The van der Waals surface area contributed by atoms with Crippen LogP contribution in [0.15, 0.2) is 10.7 Å². The maximum atomic E-state index is 12.5. The van der Waals surface area contributed by atoms with E-state index < -0.39 is 23.7 Å². The first-order valence-corrected chi connectivity index (χ1v) is 4.59. The van der Waals surface area contributed by atoms with Gasteiger partial charge >= 0.3 is 5.97 Å². The molecule has 1 rings (SSSR count). The number of alkyl halides is 2. The number of pyridine rings is 1. The van der Waals surface area contributed by atoms with Gasteiger partial charge in [0.25, 0.3) is 6.43 Å². The van der Waals surface area contributed by atoms with Crippen LogP contribution >= 0.6 is 15.9 Å². The van der Waals surface area contributed by atoms with Gasteiger partial charge in [-0.1, -0.05) is 0 Å². The molecule has 0 bridgehead atoms. The van der Waals surface area contributed by atoms with E-state index in [1.54, 1.807) is 0 Å². The van der Waals surface area contributed by atoms with E-state index in [2.05, 4.69) is 25.7 Å². The smallest absolute Gasteiger partial charge is 0.342 e. The number of rotatable bonds is 2. The highest BCUT2D eigenvalue weighted by Gasteiger charge is 2.24. The topological polar surface area (TPSA) is 65.2 Å². The molecule has 0 radical (unpaired) electrons. The van der Waals surface area contributed by atoms with Crippen LogP contribution in [-0.4, -0.2) is 18.1 Å². The molecule has 0 aromatic carbocycles. The van der Waals surface area contributed by atoms with Gasteiger partial charge in [0.15, 0.2) is 0 Å². The minimum Gasteiger partial charge on any atom is -0.465 e. The van der Waals surface area contributed by atoms with Gasteiger partial charge in [-0.2, -0.15) is 0 Å². The number of hydrogen-bond acceptors (Lipinski definition) is 4. The molecule has 2 N–H and O–H groups in total. The Labute approximate surface area is 92.6 Å². The molecule has 0 aliphatic rings. The van der Waals surface area contributed by atoms with Crippen molar-refractivity contribution < 1.29 is 18.3 Å². The number of anilines is 1. The summed E-state index contributed by atoms with van der Waals surface area (Å²) in [6, 6.07) is 1.26. The zero-order chi connectivity index (χ0) is 11.6. The molecule has 0 spiro atoms. The molecule has 7 heteroatoms. The second-order valence-electron chi connectivity index (χ2n) is 2.59. The van der Waals surface area contributed by atoms with Crippen LogP contribution in [-0.2, 0) is 4.74 Å². The van der Waals surface area contributed by atoms with Gasteiger partial charge in [-0.05, 0) is 22.0 Å². The monoisotopic (exact) mass is 280 g/mol. The van der Waals surface area contributed by atoms with Gasteiger partial charge in [-0.25, -0.2) is 18.6 Å². The lowest BCUT2D eigenvalue weighted by molar-refractivity contribution is 0.0588. The third-order valence-corrected chi connectivity index (χ3v) is 2.05. The Morgan fingerprint density at radius 1 is 1.67 bits per heavy atom. The molecule has 0 atom stereocenters. The summed E-state index contributed by atoms with van der Waals surface area (Å²) in [4.78, 5) is 14.7. The molecular weight excluding hydrogens is 274 g/mol. The number of carbonyl (C=O) groups excluding carboxylic acids is 1. The third kappa shape index (κ3) is 2.41. The van der Waals surface area contributed by atoms with Crippen LogP contribution in [0.1, 0.15) is 22.5 Å². The standard InChI is InChI=1S/C8H7BrF2N2O2/c1-15-8(14)5-3(12)2-4(9)13-6(5)7(10)11/h2,7H,1H3,(H2,12,13). The predicted molar refractivity (Wildman–Crippen MR) is 52.6 cm³/mol. The molecule has 1 aromatic rings. The highest BCUT2D eigenvalue weighted by Crippen LogP contribution is 2.28. The first kappa shape index (κ1) is 11.8. The molecule has 1 aromatic heterocycles. The second kappa shape index (κ2) is 4.52. The SMILES string of the molecule is COC(=O)c1c(N)cc(Br)nc1C(F)F. The molecule has 0 amide bonds. The fourth-order valence-electron chi connectivity index (χ4n) is 1.03. The molecule has 0 saturated carbocycles. The van der Waals surface area contributed by atoms with Crippen molar-refractivity contribution in [3.8, 4) is 0 Å². The van der Waals surface area contributed by atoms with Gasteiger partial charge in [0, 0.05) is 0 Å². The van der Waals surface area contributed by atoms with Crippen molar-refractivity contribution in [3.63, 3.8) is 0 Å². The zero-order valence-electron chi connectivity index (χ0n) is 7.63. The fourth-order valence-corrected chi connectivity index (χ4v) is 1.47. The lowest BCUT2D eigenvalue weighted by Gasteiger charge is -2.09.